The Hall–Kier alpha value is -1.10. The van der Waals surface area contributed by atoms with Gasteiger partial charge in [-0.3, -0.25) is 4.79 Å². The van der Waals surface area contributed by atoms with E-state index in [0.717, 1.165) is 0 Å². The van der Waals surface area contributed by atoms with Gasteiger partial charge in [0.2, 0.25) is 0 Å². The molecule has 54 valence electrons. The highest BCUT2D eigenvalue weighted by Gasteiger charge is 2.00. The molecule has 0 aromatic carbocycles. The molecule has 0 unspecified atom stereocenters. The first kappa shape index (κ1) is 7.01. The van der Waals surface area contributed by atoms with Gasteiger partial charge in [0.15, 0.2) is 0 Å². The molecule has 0 aliphatic rings. The number of ether oxygens (including phenoxy) is 1. The maximum Gasteiger partial charge on any atom is 0.293 e. The zero-order valence-electron chi connectivity index (χ0n) is 5.11. The van der Waals surface area contributed by atoms with Crippen LogP contribution in [0, 0.1) is 0 Å². The highest BCUT2D eigenvalue weighted by molar-refractivity contribution is 7.04. The molecule has 0 amide bonds. The van der Waals surface area contributed by atoms with Crippen LogP contribution in [0.25, 0.3) is 0 Å². The number of nitrogens with two attached hydrogens (primary N) is 1. The Labute approximate surface area is 61.8 Å². The van der Waals surface area contributed by atoms with Crippen molar-refractivity contribution < 1.29 is 9.53 Å². The van der Waals surface area contributed by atoms with Gasteiger partial charge in [0, 0.05) is 5.38 Å². The predicted molar refractivity (Wildman–Crippen MR) is 37.4 cm³/mol. The minimum Gasteiger partial charge on any atom is -0.461 e. The van der Waals surface area contributed by atoms with E-state index in [1.807, 2.05) is 0 Å². The molecule has 0 spiro atoms. The molecule has 5 heteroatoms. The largest absolute Gasteiger partial charge is 0.461 e. The zero-order valence-corrected chi connectivity index (χ0v) is 5.93. The molecule has 10 heavy (non-hydrogen) atoms. The average molecular weight is 158 g/mol. The quantitative estimate of drug-likeness (QED) is 0.646. The Bertz CT molecular complexity index is 223. The molecule has 0 saturated carbocycles. The Morgan fingerprint density at radius 1 is 1.90 bits per heavy atom. The summed E-state index contributed by atoms with van der Waals surface area (Å²) in [7, 11) is 0. The van der Waals surface area contributed by atoms with Gasteiger partial charge in [0.25, 0.3) is 6.47 Å². The molecule has 1 aromatic rings. The lowest BCUT2D eigenvalue weighted by Crippen LogP contribution is -1.94. The summed E-state index contributed by atoms with van der Waals surface area (Å²) in [5.41, 5.74) is 6.63. The second kappa shape index (κ2) is 3.17. The zero-order chi connectivity index (χ0) is 7.40. The number of hydrogen-bond donors (Lipinski definition) is 1. The summed E-state index contributed by atoms with van der Waals surface area (Å²) in [6, 6.07) is 0. The molecule has 0 fully saturated rings. The molecule has 0 saturated heterocycles. The van der Waals surface area contributed by atoms with Crippen LogP contribution in [-0.2, 0) is 16.1 Å². The Morgan fingerprint density at radius 2 is 2.70 bits per heavy atom. The first-order valence-corrected chi connectivity index (χ1v) is 3.42. The van der Waals surface area contributed by atoms with Crippen molar-refractivity contribution in [3.63, 3.8) is 0 Å². The van der Waals surface area contributed by atoms with Crippen molar-refractivity contribution in [2.75, 3.05) is 5.73 Å². The Morgan fingerprint density at radius 3 is 3.20 bits per heavy atom. The van der Waals surface area contributed by atoms with Crippen LogP contribution in [0.5, 0.6) is 0 Å². The number of anilines is 1. The van der Waals surface area contributed by atoms with Gasteiger partial charge >= 0.3 is 0 Å². The lowest BCUT2D eigenvalue weighted by atomic mass is 10.4. The van der Waals surface area contributed by atoms with Crippen molar-refractivity contribution in [2.24, 2.45) is 0 Å². The van der Waals surface area contributed by atoms with Crippen LogP contribution in [0.4, 0.5) is 5.69 Å². The number of carbonyl (C=O) groups excluding carboxylic acids is 1. The third-order valence-corrected chi connectivity index (χ3v) is 1.65. The summed E-state index contributed by atoms with van der Waals surface area (Å²) < 4.78 is 8.33. The molecule has 2 N–H and O–H groups in total. The fraction of sp³-hybridized carbons (Fsp3) is 0.200. The van der Waals surface area contributed by atoms with E-state index in [-0.39, 0.29) is 6.61 Å². The van der Waals surface area contributed by atoms with Gasteiger partial charge in [-0.25, -0.2) is 0 Å². The molecule has 4 nitrogen and oxygen atoms in total. The van der Waals surface area contributed by atoms with Crippen LogP contribution in [0.3, 0.4) is 0 Å². The van der Waals surface area contributed by atoms with Crippen molar-refractivity contribution in [2.45, 2.75) is 6.61 Å². The third-order valence-electron chi connectivity index (χ3n) is 0.964. The van der Waals surface area contributed by atoms with Gasteiger partial charge in [-0.05, 0) is 11.5 Å². The van der Waals surface area contributed by atoms with Crippen molar-refractivity contribution in [1.82, 2.24) is 4.37 Å². The highest BCUT2D eigenvalue weighted by Crippen LogP contribution is 2.12. The van der Waals surface area contributed by atoms with Crippen molar-refractivity contribution in [3.8, 4) is 0 Å². The summed E-state index contributed by atoms with van der Waals surface area (Å²) in [6.07, 6.45) is 0. The minimum absolute atomic E-state index is 0.166. The van der Waals surface area contributed by atoms with Crippen molar-refractivity contribution in [3.05, 3.63) is 11.1 Å². The van der Waals surface area contributed by atoms with E-state index in [0.29, 0.717) is 17.9 Å². The number of aromatic nitrogens is 1. The van der Waals surface area contributed by atoms with Gasteiger partial charge in [-0.1, -0.05) is 0 Å². The maximum atomic E-state index is 9.72. The molecule has 0 atom stereocenters. The van der Waals surface area contributed by atoms with E-state index >= 15 is 0 Å². The summed E-state index contributed by atoms with van der Waals surface area (Å²) >= 11 is 1.25. The summed E-state index contributed by atoms with van der Waals surface area (Å²) in [6.45, 7) is 0.539. The monoisotopic (exact) mass is 158 g/mol. The molecule has 1 aromatic heterocycles. The van der Waals surface area contributed by atoms with Gasteiger partial charge in [0.05, 0.1) is 5.69 Å². The minimum atomic E-state index is 0.166. The Kier molecular flexibility index (Phi) is 2.22. The number of rotatable bonds is 3. The van der Waals surface area contributed by atoms with Gasteiger partial charge < -0.3 is 10.5 Å². The number of carbonyl (C=O) groups is 1. The fourth-order valence-electron chi connectivity index (χ4n) is 0.490. The van der Waals surface area contributed by atoms with Crippen LogP contribution < -0.4 is 5.73 Å². The number of nitrogen functional groups attached to an aromatic ring is 1. The topological polar surface area (TPSA) is 65.2 Å². The molecular formula is C5H6N2O2S. The second-order valence-electron chi connectivity index (χ2n) is 1.62. The molecule has 0 aliphatic heterocycles. The summed E-state index contributed by atoms with van der Waals surface area (Å²) in [5, 5.41) is 1.70. The molecule has 1 heterocycles. The summed E-state index contributed by atoms with van der Waals surface area (Å²) in [5.74, 6) is 0. The van der Waals surface area contributed by atoms with E-state index in [9.17, 15) is 4.79 Å². The molecular weight excluding hydrogens is 152 g/mol. The first-order chi connectivity index (χ1) is 4.84. The smallest absolute Gasteiger partial charge is 0.293 e. The normalized spacial score (nSPS) is 9.20. The highest BCUT2D eigenvalue weighted by atomic mass is 32.1. The standard InChI is InChI=1S/C5H6N2O2S/c6-4-2-10-7-5(4)1-9-3-8/h2-3H,1,6H2. The predicted octanol–water partition coefficient (Wildman–Crippen LogP) is 0.398. The third kappa shape index (κ3) is 1.44. The molecule has 0 bridgehead atoms. The van der Waals surface area contributed by atoms with Gasteiger partial charge in [0.1, 0.15) is 12.3 Å². The second-order valence-corrected chi connectivity index (χ2v) is 2.25. The van der Waals surface area contributed by atoms with E-state index in [1.54, 1.807) is 5.38 Å². The van der Waals surface area contributed by atoms with E-state index in [1.165, 1.54) is 11.5 Å². The van der Waals surface area contributed by atoms with Crippen LogP contribution in [0.2, 0.25) is 0 Å². The number of nitrogens with zero attached hydrogens (tertiary/aromatic N) is 1. The van der Waals surface area contributed by atoms with E-state index in [2.05, 4.69) is 9.11 Å². The van der Waals surface area contributed by atoms with Crippen molar-refractivity contribution in [1.29, 1.82) is 0 Å². The van der Waals surface area contributed by atoms with Crippen LogP contribution >= 0.6 is 11.5 Å². The van der Waals surface area contributed by atoms with Gasteiger partial charge in [-0.15, -0.1) is 0 Å². The maximum absolute atomic E-state index is 9.72. The lowest BCUT2D eigenvalue weighted by molar-refractivity contribution is -0.129. The molecule has 0 radical (unpaired) electrons. The summed E-state index contributed by atoms with van der Waals surface area (Å²) in [4.78, 5) is 9.72. The van der Waals surface area contributed by atoms with Crippen LogP contribution in [-0.4, -0.2) is 10.8 Å². The van der Waals surface area contributed by atoms with Crippen LogP contribution in [0.1, 0.15) is 5.69 Å². The molecule has 1 rings (SSSR count). The lowest BCUT2D eigenvalue weighted by Gasteiger charge is -1.93. The number of hydrogen-bond acceptors (Lipinski definition) is 5. The van der Waals surface area contributed by atoms with Crippen molar-refractivity contribution >= 4 is 23.7 Å². The average Bonchev–Trinajstić information content (AvgIpc) is 2.31. The fourth-order valence-corrected chi connectivity index (χ4v) is 1.08. The molecule has 0 aliphatic carbocycles. The Balaban J connectivity index is 2.56. The first-order valence-electron chi connectivity index (χ1n) is 2.58. The van der Waals surface area contributed by atoms with Gasteiger partial charge in [-0.2, -0.15) is 4.37 Å². The van der Waals surface area contributed by atoms with E-state index < -0.39 is 0 Å². The SMILES string of the molecule is Nc1csnc1COC=O. The van der Waals surface area contributed by atoms with Crippen LogP contribution in [0.15, 0.2) is 5.38 Å². The van der Waals surface area contributed by atoms with E-state index in [4.69, 9.17) is 5.73 Å².